The van der Waals surface area contributed by atoms with Crippen LogP contribution in [0.4, 0.5) is 14.9 Å². The molecule has 0 aliphatic carbocycles. The highest BCUT2D eigenvalue weighted by molar-refractivity contribution is 8.14. The molecule has 21 heavy (non-hydrogen) atoms. The molecular weight excluding hydrogens is 313 g/mol. The van der Waals surface area contributed by atoms with Crippen LogP contribution in [0.25, 0.3) is 0 Å². The first-order chi connectivity index (χ1) is 10.1. The minimum absolute atomic E-state index is 0.154. The molecule has 0 radical (unpaired) electrons. The van der Waals surface area contributed by atoms with E-state index in [2.05, 4.69) is 4.99 Å². The monoisotopic (exact) mass is 327 g/mol. The fourth-order valence-electron chi connectivity index (χ4n) is 2.40. The zero-order chi connectivity index (χ0) is 14.8. The molecule has 2 amide bonds. The van der Waals surface area contributed by atoms with Gasteiger partial charge in [-0.05, 0) is 30.7 Å². The molecule has 0 spiro atoms. The Balaban J connectivity index is 1.75. The normalized spacial score (nSPS) is 24.1. The maximum Gasteiger partial charge on any atom is 0.346 e. The van der Waals surface area contributed by atoms with E-state index in [0.29, 0.717) is 23.2 Å². The molecule has 1 aromatic rings. The van der Waals surface area contributed by atoms with Crippen LogP contribution in [0.5, 0.6) is 0 Å². The number of alkyl halides is 1. The summed E-state index contributed by atoms with van der Waals surface area (Å²) in [5, 5.41) is 1.34. The molecule has 112 valence electrons. The summed E-state index contributed by atoms with van der Waals surface area (Å²) >= 11 is 7.43. The standard InChI is InChI=1S/C14H15ClFN3OS/c15-10-1-3-12(4-2-10)19-7-8-21-14(19)17-13(20)18-6-5-11(16)9-18/h1-4,11H,5-9H2/b17-14-. The molecule has 4 nitrogen and oxygen atoms in total. The molecule has 2 heterocycles. The van der Waals surface area contributed by atoms with E-state index in [1.807, 2.05) is 29.2 Å². The van der Waals surface area contributed by atoms with Crippen LogP contribution in [0.15, 0.2) is 29.3 Å². The van der Waals surface area contributed by atoms with Crippen LogP contribution in [0.1, 0.15) is 6.42 Å². The number of hydrogen-bond donors (Lipinski definition) is 0. The highest BCUT2D eigenvalue weighted by Gasteiger charge is 2.28. The first kappa shape index (κ1) is 14.7. The van der Waals surface area contributed by atoms with Crippen molar-refractivity contribution in [3.8, 4) is 0 Å². The number of amides is 2. The number of carbonyl (C=O) groups is 1. The lowest BCUT2D eigenvalue weighted by Gasteiger charge is -2.19. The predicted octanol–water partition coefficient (Wildman–Crippen LogP) is 3.41. The lowest BCUT2D eigenvalue weighted by Crippen LogP contribution is -2.30. The van der Waals surface area contributed by atoms with Crippen molar-refractivity contribution in [1.82, 2.24) is 4.90 Å². The Kier molecular flexibility index (Phi) is 4.35. The molecule has 3 rings (SSSR count). The number of urea groups is 1. The molecule has 0 aromatic heterocycles. The maximum absolute atomic E-state index is 13.2. The number of hydrogen-bond acceptors (Lipinski definition) is 2. The number of carbonyl (C=O) groups excluding carboxylic acids is 1. The largest absolute Gasteiger partial charge is 0.346 e. The quantitative estimate of drug-likeness (QED) is 0.793. The van der Waals surface area contributed by atoms with Crippen LogP contribution < -0.4 is 4.90 Å². The third-order valence-electron chi connectivity index (χ3n) is 3.51. The van der Waals surface area contributed by atoms with Gasteiger partial charge in [0.05, 0.1) is 6.54 Å². The van der Waals surface area contributed by atoms with Gasteiger partial charge in [0.1, 0.15) is 6.17 Å². The second-order valence-electron chi connectivity index (χ2n) is 4.99. The Hall–Kier alpha value is -1.27. The van der Waals surface area contributed by atoms with Gasteiger partial charge in [-0.3, -0.25) is 0 Å². The number of aliphatic imine (C=N–C) groups is 1. The van der Waals surface area contributed by atoms with Gasteiger partial charge in [0.2, 0.25) is 0 Å². The zero-order valence-corrected chi connectivity index (χ0v) is 12.9. The van der Waals surface area contributed by atoms with Crippen molar-refractivity contribution in [2.24, 2.45) is 4.99 Å². The molecule has 2 aliphatic rings. The van der Waals surface area contributed by atoms with E-state index in [-0.39, 0.29) is 12.6 Å². The Bertz CT molecular complexity index is 566. The van der Waals surface area contributed by atoms with Crippen LogP contribution in [0.2, 0.25) is 5.02 Å². The molecule has 0 bridgehead atoms. The molecule has 0 N–H and O–H groups in total. The van der Waals surface area contributed by atoms with Gasteiger partial charge < -0.3 is 9.80 Å². The van der Waals surface area contributed by atoms with Gasteiger partial charge in [0.15, 0.2) is 5.17 Å². The Morgan fingerprint density at radius 2 is 2.10 bits per heavy atom. The van der Waals surface area contributed by atoms with Gasteiger partial charge >= 0.3 is 6.03 Å². The van der Waals surface area contributed by atoms with Crippen molar-refractivity contribution < 1.29 is 9.18 Å². The van der Waals surface area contributed by atoms with Crippen LogP contribution >= 0.6 is 23.4 Å². The second kappa shape index (κ2) is 6.23. The molecule has 1 atom stereocenters. The van der Waals surface area contributed by atoms with Gasteiger partial charge in [0, 0.05) is 29.6 Å². The third-order valence-corrected chi connectivity index (χ3v) is 4.72. The number of nitrogens with zero attached hydrogens (tertiary/aromatic N) is 3. The first-order valence-corrected chi connectivity index (χ1v) is 8.17. The van der Waals surface area contributed by atoms with E-state index >= 15 is 0 Å². The molecule has 2 aliphatic heterocycles. The summed E-state index contributed by atoms with van der Waals surface area (Å²) in [6.45, 7) is 1.40. The SMILES string of the molecule is O=C(/N=C1\SCCN1c1ccc(Cl)cc1)N1CCC(F)C1. The van der Waals surface area contributed by atoms with Gasteiger partial charge in [-0.15, -0.1) is 0 Å². The Morgan fingerprint density at radius 1 is 1.33 bits per heavy atom. The van der Waals surface area contributed by atoms with Crippen LogP contribution in [0, 0.1) is 0 Å². The molecule has 2 saturated heterocycles. The van der Waals surface area contributed by atoms with Crippen LogP contribution in [-0.4, -0.2) is 47.7 Å². The number of rotatable bonds is 1. The Morgan fingerprint density at radius 3 is 2.76 bits per heavy atom. The van der Waals surface area contributed by atoms with Gasteiger partial charge in [-0.25, -0.2) is 9.18 Å². The summed E-state index contributed by atoms with van der Waals surface area (Å²) in [6.07, 6.45) is -0.511. The molecule has 7 heteroatoms. The van der Waals surface area contributed by atoms with E-state index in [0.717, 1.165) is 18.0 Å². The van der Waals surface area contributed by atoms with Crippen molar-refractivity contribution in [1.29, 1.82) is 0 Å². The van der Waals surface area contributed by atoms with Crippen LogP contribution in [0.3, 0.4) is 0 Å². The maximum atomic E-state index is 13.2. The summed E-state index contributed by atoms with van der Waals surface area (Å²) in [7, 11) is 0. The predicted molar refractivity (Wildman–Crippen MR) is 85.2 cm³/mol. The molecule has 2 fully saturated rings. The average molecular weight is 328 g/mol. The van der Waals surface area contributed by atoms with Crippen molar-refractivity contribution in [2.45, 2.75) is 12.6 Å². The van der Waals surface area contributed by atoms with Crippen molar-refractivity contribution in [3.05, 3.63) is 29.3 Å². The smallest absolute Gasteiger partial charge is 0.320 e. The van der Waals surface area contributed by atoms with Gasteiger partial charge in [-0.2, -0.15) is 4.99 Å². The summed E-state index contributed by atoms with van der Waals surface area (Å²) in [4.78, 5) is 19.7. The van der Waals surface area contributed by atoms with E-state index in [1.54, 1.807) is 0 Å². The lowest BCUT2D eigenvalue weighted by molar-refractivity contribution is 0.214. The van der Waals surface area contributed by atoms with Crippen molar-refractivity contribution >= 4 is 40.2 Å². The molecular formula is C14H15ClFN3OS. The van der Waals surface area contributed by atoms with Crippen molar-refractivity contribution in [3.63, 3.8) is 0 Å². The highest BCUT2D eigenvalue weighted by Crippen LogP contribution is 2.27. The van der Waals surface area contributed by atoms with E-state index in [4.69, 9.17) is 11.6 Å². The number of thioether (sulfide) groups is 1. The highest BCUT2D eigenvalue weighted by atomic mass is 35.5. The first-order valence-electron chi connectivity index (χ1n) is 6.81. The molecule has 1 unspecified atom stereocenters. The summed E-state index contributed by atoms with van der Waals surface area (Å²) in [5.41, 5.74) is 0.959. The van der Waals surface area contributed by atoms with Crippen molar-refractivity contribution in [2.75, 3.05) is 30.3 Å². The number of anilines is 1. The second-order valence-corrected chi connectivity index (χ2v) is 6.48. The fraction of sp³-hybridized carbons (Fsp3) is 0.429. The topological polar surface area (TPSA) is 35.9 Å². The van der Waals surface area contributed by atoms with Crippen LogP contribution in [-0.2, 0) is 0 Å². The number of halogens is 2. The van der Waals surface area contributed by atoms with Gasteiger partial charge in [-0.1, -0.05) is 23.4 Å². The number of amidine groups is 1. The van der Waals surface area contributed by atoms with Gasteiger partial charge in [0.25, 0.3) is 0 Å². The summed E-state index contributed by atoms with van der Waals surface area (Å²) in [6, 6.07) is 7.09. The third kappa shape index (κ3) is 3.32. The van der Waals surface area contributed by atoms with E-state index in [1.165, 1.54) is 16.7 Å². The zero-order valence-electron chi connectivity index (χ0n) is 11.3. The Labute approximate surface area is 132 Å². The summed E-state index contributed by atoms with van der Waals surface area (Å²) in [5.74, 6) is 0.875. The lowest BCUT2D eigenvalue weighted by atomic mass is 10.3. The number of benzene rings is 1. The number of likely N-dealkylation sites (tertiary alicyclic amines) is 1. The molecule has 1 aromatic carbocycles. The van der Waals surface area contributed by atoms with E-state index in [9.17, 15) is 9.18 Å². The minimum atomic E-state index is -0.919. The van der Waals surface area contributed by atoms with E-state index < -0.39 is 6.17 Å². The molecule has 0 saturated carbocycles. The fourth-order valence-corrected chi connectivity index (χ4v) is 3.48. The minimum Gasteiger partial charge on any atom is -0.320 e. The summed E-state index contributed by atoms with van der Waals surface area (Å²) < 4.78 is 13.2. The average Bonchev–Trinajstić information content (AvgIpc) is 3.09.